The fraction of sp³-hybridized carbons (Fsp3) is 0.222. The van der Waals surface area contributed by atoms with E-state index in [1.54, 1.807) is 12.1 Å². The smallest absolute Gasteiger partial charge is 0.179 e. The Morgan fingerprint density at radius 2 is 1.12 bits per heavy atom. The van der Waals surface area contributed by atoms with Crippen LogP contribution < -0.4 is 0 Å². The Hall–Kier alpha value is -0.940. The van der Waals surface area contributed by atoms with Gasteiger partial charge in [0.1, 0.15) is 0 Å². The molecule has 2 aromatic rings. The van der Waals surface area contributed by atoms with Crippen LogP contribution in [0, 0.1) is 13.8 Å². The lowest BCUT2D eigenvalue weighted by atomic mass is 9.97. The highest BCUT2D eigenvalue weighted by molar-refractivity contribution is 8.05. The zero-order valence-electron chi connectivity index (χ0n) is 12.9. The molecule has 2 heterocycles. The Kier molecular flexibility index (Phi) is 4.00. The second-order valence-electron chi connectivity index (χ2n) is 6.00. The molecular weight excluding hydrogens is 383 g/mol. The lowest BCUT2D eigenvalue weighted by Crippen LogP contribution is -2.30. The summed E-state index contributed by atoms with van der Waals surface area (Å²) in [5.74, 6) is 0.0399. The number of ketones is 2. The third-order valence-electron chi connectivity index (χ3n) is 4.32. The molecule has 2 aliphatic rings. The summed E-state index contributed by atoms with van der Waals surface area (Å²) in [5.41, 5.74) is 3.14. The zero-order valence-corrected chi connectivity index (χ0v) is 16.0. The van der Waals surface area contributed by atoms with E-state index in [-0.39, 0.29) is 11.6 Å². The number of halogens is 2. The van der Waals surface area contributed by atoms with Gasteiger partial charge in [0.15, 0.2) is 11.6 Å². The van der Waals surface area contributed by atoms with E-state index >= 15 is 0 Å². The second-order valence-corrected chi connectivity index (χ2v) is 9.24. The highest BCUT2D eigenvalue weighted by Gasteiger charge is 2.46. The predicted octanol–water partition coefficient (Wildman–Crippen LogP) is 5.62. The number of Topliss-reactive ketones (excluding diaryl/α,β-unsaturated/α-hetero) is 2. The molecule has 4 rings (SSSR count). The van der Waals surface area contributed by atoms with Crippen LogP contribution in [-0.2, 0) is 0 Å². The van der Waals surface area contributed by atoms with E-state index in [9.17, 15) is 9.59 Å². The minimum atomic E-state index is -0.416. The molecule has 0 fully saturated rings. The predicted molar refractivity (Wildman–Crippen MR) is 100 cm³/mol. The van der Waals surface area contributed by atoms with Gasteiger partial charge in [0, 0.05) is 31.0 Å². The monoisotopic (exact) mass is 394 g/mol. The molecular formula is C18H12Cl2O2S2. The maximum absolute atomic E-state index is 12.9. The topological polar surface area (TPSA) is 34.1 Å². The Balaban J connectivity index is 1.73. The van der Waals surface area contributed by atoms with Crippen LogP contribution >= 0.6 is 46.7 Å². The molecule has 122 valence electrons. The van der Waals surface area contributed by atoms with Crippen molar-refractivity contribution in [2.45, 2.75) is 34.1 Å². The molecule has 0 bridgehead atoms. The van der Waals surface area contributed by atoms with Crippen LogP contribution in [0.3, 0.4) is 0 Å². The van der Waals surface area contributed by atoms with Crippen molar-refractivity contribution in [3.8, 4) is 0 Å². The van der Waals surface area contributed by atoms with Gasteiger partial charge in [-0.2, -0.15) is 0 Å². The third-order valence-corrected chi connectivity index (χ3v) is 7.56. The van der Waals surface area contributed by atoms with E-state index < -0.39 is 10.5 Å². The normalized spacial score (nSPS) is 22.0. The van der Waals surface area contributed by atoms with Gasteiger partial charge < -0.3 is 0 Å². The van der Waals surface area contributed by atoms with Crippen molar-refractivity contribution in [1.29, 1.82) is 0 Å². The van der Waals surface area contributed by atoms with Crippen molar-refractivity contribution in [2.75, 3.05) is 0 Å². The van der Waals surface area contributed by atoms with Crippen molar-refractivity contribution < 1.29 is 9.59 Å². The van der Waals surface area contributed by atoms with Gasteiger partial charge in [-0.05, 0) is 49.2 Å². The van der Waals surface area contributed by atoms with E-state index in [1.807, 2.05) is 26.0 Å². The zero-order chi connectivity index (χ0) is 17.2. The highest BCUT2D eigenvalue weighted by atomic mass is 35.5. The maximum Gasteiger partial charge on any atom is 0.179 e. The van der Waals surface area contributed by atoms with Crippen molar-refractivity contribution in [2.24, 2.45) is 0 Å². The molecule has 0 radical (unpaired) electrons. The molecule has 2 nitrogen and oxygen atoms in total. The summed E-state index contributed by atoms with van der Waals surface area (Å²) >= 11 is 15.1. The number of thioether (sulfide) groups is 2. The number of fused-ring (bicyclic) bond motifs is 2. The third kappa shape index (κ3) is 2.43. The van der Waals surface area contributed by atoms with E-state index in [1.165, 1.54) is 23.5 Å². The fourth-order valence-corrected chi connectivity index (χ4v) is 6.95. The summed E-state index contributed by atoms with van der Waals surface area (Å²) in [6.07, 6.45) is 0. The van der Waals surface area contributed by atoms with Crippen LogP contribution in [0.1, 0.15) is 31.8 Å². The molecule has 2 aromatic carbocycles. The van der Waals surface area contributed by atoms with Crippen LogP contribution in [0.2, 0.25) is 10.0 Å². The molecule has 6 heteroatoms. The number of rotatable bonds is 1. The van der Waals surface area contributed by atoms with Gasteiger partial charge in [0.2, 0.25) is 0 Å². The van der Waals surface area contributed by atoms with Crippen LogP contribution in [-0.4, -0.2) is 22.1 Å². The van der Waals surface area contributed by atoms with Gasteiger partial charge in [-0.25, -0.2) is 0 Å². The maximum atomic E-state index is 12.9. The molecule has 2 aliphatic heterocycles. The van der Waals surface area contributed by atoms with Crippen molar-refractivity contribution in [1.82, 2.24) is 0 Å². The number of hydrogen-bond acceptors (Lipinski definition) is 4. The average molecular weight is 395 g/mol. The van der Waals surface area contributed by atoms with Crippen LogP contribution in [0.5, 0.6) is 0 Å². The lowest BCUT2D eigenvalue weighted by molar-refractivity contribution is 0.0933. The van der Waals surface area contributed by atoms with Crippen molar-refractivity contribution in [3.63, 3.8) is 0 Å². The molecule has 0 aromatic heterocycles. The van der Waals surface area contributed by atoms with Crippen molar-refractivity contribution >= 4 is 58.3 Å². The number of aryl methyl sites for hydroxylation is 2. The molecule has 0 N–H and O–H groups in total. The fourth-order valence-electron chi connectivity index (χ4n) is 3.31. The Labute approximate surface area is 158 Å². The van der Waals surface area contributed by atoms with Gasteiger partial charge in [-0.15, -0.1) is 23.5 Å². The number of benzene rings is 2. The molecule has 2 atom stereocenters. The van der Waals surface area contributed by atoms with E-state index in [0.29, 0.717) is 21.2 Å². The first-order chi connectivity index (χ1) is 11.4. The lowest BCUT2D eigenvalue weighted by Gasteiger charge is -2.13. The first kappa shape index (κ1) is 16.5. The van der Waals surface area contributed by atoms with Gasteiger partial charge in [-0.1, -0.05) is 23.2 Å². The average Bonchev–Trinajstić information content (AvgIpc) is 2.96. The molecule has 2 unspecified atom stereocenters. The summed E-state index contributed by atoms with van der Waals surface area (Å²) in [6.45, 7) is 3.77. The molecule has 0 amide bonds. The molecule has 0 spiro atoms. The molecule has 0 aliphatic carbocycles. The van der Waals surface area contributed by atoms with E-state index in [2.05, 4.69) is 0 Å². The minimum Gasteiger partial charge on any atom is -0.293 e. The van der Waals surface area contributed by atoms with Crippen LogP contribution in [0.15, 0.2) is 34.1 Å². The highest BCUT2D eigenvalue weighted by Crippen LogP contribution is 2.50. The first-order valence-corrected chi connectivity index (χ1v) is 9.90. The van der Waals surface area contributed by atoms with E-state index in [0.717, 1.165) is 20.9 Å². The van der Waals surface area contributed by atoms with Crippen LogP contribution in [0.4, 0.5) is 0 Å². The molecule has 24 heavy (non-hydrogen) atoms. The summed E-state index contributed by atoms with van der Waals surface area (Å²) in [5, 5.41) is 0.396. The Morgan fingerprint density at radius 3 is 1.50 bits per heavy atom. The van der Waals surface area contributed by atoms with E-state index in [4.69, 9.17) is 23.2 Å². The van der Waals surface area contributed by atoms with Crippen molar-refractivity contribution in [3.05, 3.63) is 56.6 Å². The quantitative estimate of drug-likeness (QED) is 0.627. The summed E-state index contributed by atoms with van der Waals surface area (Å²) < 4.78 is 0. The largest absolute Gasteiger partial charge is 0.293 e. The summed E-state index contributed by atoms with van der Waals surface area (Å²) in [7, 11) is 0. The number of hydrogen-bond donors (Lipinski definition) is 0. The minimum absolute atomic E-state index is 0.0200. The van der Waals surface area contributed by atoms with Gasteiger partial charge >= 0.3 is 0 Å². The number of carbonyl (C=O) groups is 2. The number of carbonyl (C=O) groups excluding carboxylic acids is 2. The second kappa shape index (κ2) is 5.80. The van der Waals surface area contributed by atoms with Crippen LogP contribution in [0.25, 0.3) is 0 Å². The van der Waals surface area contributed by atoms with Gasteiger partial charge in [-0.3, -0.25) is 9.59 Å². The molecule has 0 saturated carbocycles. The molecule has 0 saturated heterocycles. The SMILES string of the molecule is Cc1cc(Cl)cc2c1C(=O)C(C1Sc3cc(Cl)cc(C)c3C1=O)S2. The van der Waals surface area contributed by atoms with Gasteiger partial charge in [0.05, 0.1) is 10.5 Å². The first-order valence-electron chi connectivity index (χ1n) is 7.39. The standard InChI is InChI=1S/C18H12Cl2O2S2/c1-7-3-9(19)5-11-13(7)15(21)17(23-11)18-16(22)14-8(2)4-10(20)6-12(14)24-18/h3-6,17-18H,1-2H3. The summed E-state index contributed by atoms with van der Waals surface area (Å²) in [6, 6.07) is 7.21. The Bertz CT molecular complexity index is 848. The summed E-state index contributed by atoms with van der Waals surface area (Å²) in [4.78, 5) is 27.6. The van der Waals surface area contributed by atoms with Gasteiger partial charge in [0.25, 0.3) is 0 Å². The Morgan fingerprint density at radius 1 is 0.750 bits per heavy atom.